The number of piperidine rings is 2. The van der Waals surface area contributed by atoms with Gasteiger partial charge in [0.15, 0.2) is 5.82 Å². The van der Waals surface area contributed by atoms with Crippen LogP contribution < -0.4 is 10.9 Å². The average Bonchev–Trinajstić information content (AvgIpc) is 3.25. The Morgan fingerprint density at radius 3 is 2.73 bits per heavy atom. The van der Waals surface area contributed by atoms with Crippen molar-refractivity contribution >= 4 is 5.91 Å². The van der Waals surface area contributed by atoms with Crippen LogP contribution in [-0.2, 0) is 6.54 Å². The average molecular weight is 412 g/mol. The van der Waals surface area contributed by atoms with Gasteiger partial charge in [0.25, 0.3) is 11.5 Å². The van der Waals surface area contributed by atoms with Crippen LogP contribution in [0.3, 0.4) is 0 Å². The first kappa shape index (κ1) is 19.5. The zero-order chi connectivity index (χ0) is 20.8. The zero-order valence-electron chi connectivity index (χ0n) is 17.6. The summed E-state index contributed by atoms with van der Waals surface area (Å²) < 4.78 is 7.29. The fraction of sp³-hybridized carbons (Fsp3) is 0.636. The van der Waals surface area contributed by atoms with Crippen molar-refractivity contribution in [2.45, 2.75) is 57.4 Å². The Morgan fingerprint density at radius 1 is 1.20 bits per heavy atom. The fourth-order valence-electron chi connectivity index (χ4n) is 5.10. The van der Waals surface area contributed by atoms with Crippen LogP contribution in [0.5, 0.6) is 0 Å². The van der Waals surface area contributed by atoms with Crippen molar-refractivity contribution in [3.8, 4) is 0 Å². The molecule has 2 aromatic heterocycles. The van der Waals surface area contributed by atoms with Crippen LogP contribution in [0.25, 0.3) is 0 Å². The van der Waals surface area contributed by atoms with E-state index < -0.39 is 0 Å². The molecule has 0 aliphatic carbocycles. The second-order valence-corrected chi connectivity index (χ2v) is 9.26. The molecule has 2 aromatic rings. The van der Waals surface area contributed by atoms with Crippen LogP contribution in [0.15, 0.2) is 21.5 Å². The summed E-state index contributed by atoms with van der Waals surface area (Å²) in [5.41, 5.74) is 1.23. The Bertz CT molecular complexity index is 1000. The van der Waals surface area contributed by atoms with E-state index in [9.17, 15) is 9.59 Å². The third-order valence-electron chi connectivity index (χ3n) is 6.84. The molecule has 8 nitrogen and oxygen atoms in total. The van der Waals surface area contributed by atoms with Crippen molar-refractivity contribution in [2.75, 3.05) is 26.2 Å². The van der Waals surface area contributed by atoms with Crippen LogP contribution in [-0.4, -0.2) is 51.7 Å². The molecule has 2 fully saturated rings. The highest BCUT2D eigenvalue weighted by Gasteiger charge is 2.33. The molecule has 3 aliphatic heterocycles. The number of pyridine rings is 1. The Kier molecular flexibility index (Phi) is 4.97. The minimum atomic E-state index is -0.156. The summed E-state index contributed by atoms with van der Waals surface area (Å²) in [7, 11) is 0. The van der Waals surface area contributed by atoms with E-state index in [4.69, 9.17) is 4.52 Å². The Hall–Kier alpha value is -2.48. The predicted octanol–water partition coefficient (Wildman–Crippen LogP) is 2.08. The lowest BCUT2D eigenvalue weighted by Crippen LogP contribution is -2.47. The summed E-state index contributed by atoms with van der Waals surface area (Å²) in [6.45, 7) is 7.83. The number of hydrogen-bond donors (Lipinski definition) is 1. The van der Waals surface area contributed by atoms with E-state index in [1.165, 1.54) is 0 Å². The minimum Gasteiger partial charge on any atom is -0.339 e. The first-order chi connectivity index (χ1) is 14.5. The van der Waals surface area contributed by atoms with Crippen molar-refractivity contribution < 1.29 is 9.32 Å². The number of amides is 1. The third-order valence-corrected chi connectivity index (χ3v) is 6.84. The topological polar surface area (TPSA) is 93.3 Å². The van der Waals surface area contributed by atoms with E-state index in [0.29, 0.717) is 42.9 Å². The van der Waals surface area contributed by atoms with Crippen molar-refractivity contribution in [3.05, 3.63) is 45.5 Å². The highest BCUT2D eigenvalue weighted by molar-refractivity contribution is 5.94. The van der Waals surface area contributed by atoms with E-state index in [0.717, 1.165) is 43.9 Å². The van der Waals surface area contributed by atoms with Gasteiger partial charge in [-0.25, -0.2) is 0 Å². The van der Waals surface area contributed by atoms with Crippen molar-refractivity contribution in [1.82, 2.24) is 24.9 Å². The van der Waals surface area contributed by atoms with E-state index in [1.54, 1.807) is 11.0 Å². The van der Waals surface area contributed by atoms with Crippen molar-refractivity contribution in [1.29, 1.82) is 0 Å². The molecule has 30 heavy (non-hydrogen) atoms. The molecule has 160 valence electrons. The van der Waals surface area contributed by atoms with Crippen LogP contribution in [0.2, 0.25) is 0 Å². The van der Waals surface area contributed by atoms with Gasteiger partial charge in [-0.05, 0) is 43.9 Å². The van der Waals surface area contributed by atoms with Gasteiger partial charge >= 0.3 is 0 Å². The normalized spacial score (nSPS) is 24.2. The molecule has 3 aliphatic rings. The minimum absolute atomic E-state index is 0.130. The maximum atomic E-state index is 13.1. The molecular weight excluding hydrogens is 382 g/mol. The van der Waals surface area contributed by atoms with Crippen LogP contribution in [0.4, 0.5) is 0 Å². The summed E-state index contributed by atoms with van der Waals surface area (Å²) in [4.78, 5) is 32.6. The summed E-state index contributed by atoms with van der Waals surface area (Å²) in [5.74, 6) is 2.48. The Balaban J connectivity index is 1.30. The first-order valence-corrected chi connectivity index (χ1v) is 11.1. The number of rotatable bonds is 3. The fourth-order valence-corrected chi connectivity index (χ4v) is 5.10. The number of aromatic nitrogens is 3. The third kappa shape index (κ3) is 3.37. The molecule has 0 spiro atoms. The van der Waals surface area contributed by atoms with Gasteiger partial charge in [-0.3, -0.25) is 9.59 Å². The number of nitrogens with one attached hydrogen (secondary N) is 1. The van der Waals surface area contributed by atoms with Crippen LogP contribution in [0.1, 0.15) is 78.6 Å². The first-order valence-electron chi connectivity index (χ1n) is 11.1. The van der Waals surface area contributed by atoms with Gasteiger partial charge in [0.1, 0.15) is 5.56 Å². The summed E-state index contributed by atoms with van der Waals surface area (Å²) in [5, 5.41) is 7.51. The van der Waals surface area contributed by atoms with Crippen LogP contribution in [0, 0.1) is 5.92 Å². The number of likely N-dealkylation sites (tertiary alicyclic amines) is 1. The number of nitrogens with zero attached hydrogens (tertiary/aromatic N) is 4. The van der Waals surface area contributed by atoms with Gasteiger partial charge in [-0.1, -0.05) is 19.0 Å². The Morgan fingerprint density at radius 2 is 2.00 bits per heavy atom. The smallest absolute Gasteiger partial charge is 0.263 e. The number of carbonyl (C=O) groups excluding carboxylic acids is 1. The number of carbonyl (C=O) groups is 1. The summed E-state index contributed by atoms with van der Waals surface area (Å²) in [6, 6.07) is 3.73. The highest BCUT2D eigenvalue weighted by Crippen LogP contribution is 2.32. The van der Waals surface area contributed by atoms with Gasteiger partial charge in [-0.2, -0.15) is 4.98 Å². The zero-order valence-corrected chi connectivity index (χ0v) is 17.6. The molecule has 2 saturated heterocycles. The van der Waals surface area contributed by atoms with Gasteiger partial charge in [0.05, 0.1) is 0 Å². The molecule has 1 amide bonds. The monoisotopic (exact) mass is 411 g/mol. The molecular formula is C22H29N5O3. The lowest BCUT2D eigenvalue weighted by molar-refractivity contribution is 0.0701. The second-order valence-electron chi connectivity index (χ2n) is 9.26. The lowest BCUT2D eigenvalue weighted by atomic mass is 9.84. The van der Waals surface area contributed by atoms with Crippen LogP contribution >= 0.6 is 0 Å². The quantitative estimate of drug-likeness (QED) is 0.831. The van der Waals surface area contributed by atoms with E-state index >= 15 is 0 Å². The lowest BCUT2D eigenvalue weighted by Gasteiger charge is -2.37. The largest absolute Gasteiger partial charge is 0.339 e. The van der Waals surface area contributed by atoms with E-state index in [-0.39, 0.29) is 23.3 Å². The molecule has 5 heterocycles. The number of hydrogen-bond acceptors (Lipinski definition) is 6. The van der Waals surface area contributed by atoms with E-state index in [1.807, 2.05) is 24.5 Å². The summed E-state index contributed by atoms with van der Waals surface area (Å²) >= 11 is 0. The molecule has 0 saturated carbocycles. The van der Waals surface area contributed by atoms with Gasteiger partial charge in [0, 0.05) is 49.6 Å². The molecule has 0 radical (unpaired) electrons. The van der Waals surface area contributed by atoms with Gasteiger partial charge < -0.3 is 19.3 Å². The SMILES string of the molecule is CC(C)c1noc(C2CCN(C(=O)c3ccc4n(c3=O)C[C@@H]3CNC[C@H]4C3)CC2)n1. The molecule has 1 N–H and O–H groups in total. The molecule has 2 atom stereocenters. The molecule has 5 rings (SSSR count). The highest BCUT2D eigenvalue weighted by atomic mass is 16.5. The van der Waals surface area contributed by atoms with Gasteiger partial charge in [0.2, 0.25) is 5.89 Å². The predicted molar refractivity (Wildman–Crippen MR) is 111 cm³/mol. The van der Waals surface area contributed by atoms with Crippen molar-refractivity contribution in [3.63, 3.8) is 0 Å². The van der Waals surface area contributed by atoms with E-state index in [2.05, 4.69) is 15.5 Å². The number of fused-ring (bicyclic) bond motifs is 4. The summed E-state index contributed by atoms with van der Waals surface area (Å²) in [6.07, 6.45) is 2.67. The van der Waals surface area contributed by atoms with Gasteiger partial charge in [-0.15, -0.1) is 0 Å². The second kappa shape index (κ2) is 7.65. The van der Waals surface area contributed by atoms with Crippen molar-refractivity contribution in [2.24, 2.45) is 5.92 Å². The molecule has 8 heteroatoms. The maximum Gasteiger partial charge on any atom is 0.263 e. The molecule has 0 unspecified atom stereocenters. The molecule has 0 aromatic carbocycles. The Labute approximate surface area is 175 Å². The standard InChI is InChI=1S/C22H29N5O3/c1-13(2)19-24-20(30-25-19)15-5-7-26(8-6-15)21(28)17-3-4-18-16-9-14(10-23-11-16)12-27(18)22(17)29/h3-4,13-16,23H,5-12H2,1-2H3/t14-,16+/m0/s1. The maximum absolute atomic E-state index is 13.1. The molecule has 2 bridgehead atoms.